The quantitative estimate of drug-likeness (QED) is 0.368. The number of hydrogen-bond donors (Lipinski definition) is 1. The van der Waals surface area contributed by atoms with E-state index in [0.29, 0.717) is 6.61 Å². The number of rotatable bonds is 8. The Morgan fingerprint density at radius 3 is 2.79 bits per heavy atom. The van der Waals surface area contributed by atoms with Crippen molar-refractivity contribution in [3.63, 3.8) is 0 Å². The van der Waals surface area contributed by atoms with Crippen molar-refractivity contribution < 1.29 is 9.53 Å². The van der Waals surface area contributed by atoms with E-state index in [2.05, 4.69) is 12.2 Å². The van der Waals surface area contributed by atoms with Crippen molar-refractivity contribution in [3.8, 4) is 0 Å². The van der Waals surface area contributed by atoms with E-state index in [0.717, 1.165) is 13.1 Å². The molecule has 14 heavy (non-hydrogen) atoms. The number of nitrogens with one attached hydrogen (secondary N) is 1. The number of esters is 1. The van der Waals surface area contributed by atoms with Crippen LogP contribution in [-0.4, -0.2) is 25.7 Å². The van der Waals surface area contributed by atoms with Gasteiger partial charge in [0.05, 0.1) is 6.61 Å². The molecule has 0 aromatic carbocycles. The molecule has 3 heteroatoms. The van der Waals surface area contributed by atoms with Gasteiger partial charge in [0.1, 0.15) is 0 Å². The predicted molar refractivity (Wildman–Crippen MR) is 58.2 cm³/mol. The highest BCUT2D eigenvalue weighted by molar-refractivity contribution is 5.81. The number of carbonyl (C=O) groups excluding carboxylic acids is 1. The molecule has 0 fully saturated rings. The molecule has 0 rings (SSSR count). The number of carbonyl (C=O) groups is 1. The zero-order valence-electron chi connectivity index (χ0n) is 9.21. The molecule has 0 spiro atoms. The van der Waals surface area contributed by atoms with Gasteiger partial charge in [-0.15, -0.1) is 0 Å². The van der Waals surface area contributed by atoms with Crippen LogP contribution >= 0.6 is 0 Å². The highest BCUT2D eigenvalue weighted by atomic mass is 16.5. The van der Waals surface area contributed by atoms with E-state index in [9.17, 15) is 4.79 Å². The lowest BCUT2D eigenvalue weighted by atomic mass is 10.2. The molecule has 0 saturated heterocycles. The summed E-state index contributed by atoms with van der Waals surface area (Å²) in [7, 11) is 0. The summed E-state index contributed by atoms with van der Waals surface area (Å²) in [5.74, 6) is -0.261. The van der Waals surface area contributed by atoms with Crippen molar-refractivity contribution in [2.75, 3.05) is 19.7 Å². The fourth-order valence-corrected chi connectivity index (χ4v) is 1.03. The normalized spacial score (nSPS) is 10.7. The lowest BCUT2D eigenvalue weighted by Crippen LogP contribution is -2.15. The van der Waals surface area contributed by atoms with Crippen LogP contribution in [0.1, 0.15) is 33.1 Å². The maximum Gasteiger partial charge on any atom is 0.330 e. The molecule has 82 valence electrons. The smallest absolute Gasteiger partial charge is 0.330 e. The van der Waals surface area contributed by atoms with Crippen LogP contribution < -0.4 is 5.32 Å². The number of unbranched alkanes of at least 4 members (excludes halogenated alkanes) is 2. The van der Waals surface area contributed by atoms with Crippen molar-refractivity contribution in [1.82, 2.24) is 5.32 Å². The molecule has 0 aliphatic rings. The van der Waals surface area contributed by atoms with Crippen LogP contribution in [0.2, 0.25) is 0 Å². The largest absolute Gasteiger partial charge is 0.463 e. The summed E-state index contributed by atoms with van der Waals surface area (Å²) < 4.78 is 4.73. The van der Waals surface area contributed by atoms with Gasteiger partial charge in [0.25, 0.3) is 0 Å². The number of hydrogen-bond acceptors (Lipinski definition) is 3. The first-order valence-electron chi connectivity index (χ1n) is 5.35. The van der Waals surface area contributed by atoms with Gasteiger partial charge in [-0.1, -0.05) is 25.8 Å². The average molecular weight is 199 g/mol. The molecule has 1 N–H and O–H groups in total. The summed E-state index contributed by atoms with van der Waals surface area (Å²) >= 11 is 0. The van der Waals surface area contributed by atoms with Crippen LogP contribution in [0.15, 0.2) is 12.2 Å². The summed E-state index contributed by atoms with van der Waals surface area (Å²) in [4.78, 5) is 10.8. The highest BCUT2D eigenvalue weighted by Gasteiger charge is 1.91. The third kappa shape index (κ3) is 9.26. The molecule has 0 bridgehead atoms. The minimum absolute atomic E-state index is 0.261. The Morgan fingerprint density at radius 2 is 2.14 bits per heavy atom. The maximum atomic E-state index is 10.8. The van der Waals surface area contributed by atoms with Crippen LogP contribution in [0.3, 0.4) is 0 Å². The first-order chi connectivity index (χ1) is 6.81. The fourth-order valence-electron chi connectivity index (χ4n) is 1.03. The van der Waals surface area contributed by atoms with Gasteiger partial charge in [0.15, 0.2) is 0 Å². The van der Waals surface area contributed by atoms with Gasteiger partial charge in [-0.05, 0) is 19.9 Å². The molecule has 0 aliphatic carbocycles. The molecule has 0 radical (unpaired) electrons. The molecule has 3 nitrogen and oxygen atoms in total. The van der Waals surface area contributed by atoms with Crippen molar-refractivity contribution in [3.05, 3.63) is 12.2 Å². The Labute approximate surface area is 86.5 Å². The molecule has 0 aromatic rings. The van der Waals surface area contributed by atoms with E-state index in [4.69, 9.17) is 4.74 Å². The van der Waals surface area contributed by atoms with Crippen LogP contribution in [0.25, 0.3) is 0 Å². The Hall–Kier alpha value is -0.830. The zero-order chi connectivity index (χ0) is 10.6. The second kappa shape index (κ2) is 10.3. The molecule has 0 atom stereocenters. The van der Waals surface area contributed by atoms with Crippen molar-refractivity contribution >= 4 is 5.97 Å². The topological polar surface area (TPSA) is 38.3 Å². The Kier molecular flexibility index (Phi) is 9.64. The van der Waals surface area contributed by atoms with Crippen molar-refractivity contribution in [1.29, 1.82) is 0 Å². The average Bonchev–Trinajstić information content (AvgIpc) is 2.17. The molecule has 0 aromatic heterocycles. The minimum Gasteiger partial charge on any atom is -0.463 e. The fraction of sp³-hybridized carbons (Fsp3) is 0.727. The molecular formula is C11H21NO2. The van der Waals surface area contributed by atoms with Gasteiger partial charge < -0.3 is 10.1 Å². The molecule has 0 heterocycles. The third-order valence-electron chi connectivity index (χ3n) is 1.76. The standard InChI is InChI=1S/C11H21NO2/c1-3-5-6-9-12-10-7-8-11(13)14-4-2/h7-8,12H,3-6,9-10H2,1-2H3/b8-7+. The molecule has 0 saturated carbocycles. The number of ether oxygens (including phenoxy) is 1. The first-order valence-corrected chi connectivity index (χ1v) is 5.35. The Balaban J connectivity index is 3.22. The first kappa shape index (κ1) is 13.2. The summed E-state index contributed by atoms with van der Waals surface area (Å²) in [5, 5.41) is 3.22. The third-order valence-corrected chi connectivity index (χ3v) is 1.76. The van der Waals surface area contributed by atoms with Crippen molar-refractivity contribution in [2.24, 2.45) is 0 Å². The second-order valence-electron chi connectivity index (χ2n) is 3.07. The SMILES string of the molecule is CCCCCNC/C=C/C(=O)OCC. The molecule has 0 unspecified atom stereocenters. The highest BCUT2D eigenvalue weighted by Crippen LogP contribution is 1.90. The van der Waals surface area contributed by atoms with E-state index in [1.54, 1.807) is 13.0 Å². The summed E-state index contributed by atoms with van der Waals surface area (Å²) in [6, 6.07) is 0. The summed E-state index contributed by atoms with van der Waals surface area (Å²) in [6.45, 7) is 6.17. The molecule has 0 amide bonds. The van der Waals surface area contributed by atoms with E-state index in [1.165, 1.54) is 25.3 Å². The molecular weight excluding hydrogens is 178 g/mol. The Morgan fingerprint density at radius 1 is 1.36 bits per heavy atom. The van der Waals surface area contributed by atoms with Gasteiger partial charge in [0.2, 0.25) is 0 Å². The molecule has 0 aliphatic heterocycles. The summed E-state index contributed by atoms with van der Waals surface area (Å²) in [5.41, 5.74) is 0. The van der Waals surface area contributed by atoms with Crippen LogP contribution in [0.5, 0.6) is 0 Å². The Bertz CT molecular complexity index is 167. The van der Waals surface area contributed by atoms with Crippen LogP contribution in [0.4, 0.5) is 0 Å². The van der Waals surface area contributed by atoms with Gasteiger partial charge in [-0.25, -0.2) is 4.79 Å². The van der Waals surface area contributed by atoms with E-state index in [-0.39, 0.29) is 5.97 Å². The van der Waals surface area contributed by atoms with E-state index >= 15 is 0 Å². The zero-order valence-corrected chi connectivity index (χ0v) is 9.21. The van der Waals surface area contributed by atoms with Gasteiger partial charge in [0, 0.05) is 12.6 Å². The lowest BCUT2D eigenvalue weighted by Gasteiger charge is -1.99. The second-order valence-corrected chi connectivity index (χ2v) is 3.07. The van der Waals surface area contributed by atoms with Crippen LogP contribution in [0, 0.1) is 0 Å². The monoisotopic (exact) mass is 199 g/mol. The van der Waals surface area contributed by atoms with Crippen LogP contribution in [-0.2, 0) is 9.53 Å². The van der Waals surface area contributed by atoms with Crippen molar-refractivity contribution in [2.45, 2.75) is 33.1 Å². The van der Waals surface area contributed by atoms with Gasteiger partial charge in [-0.2, -0.15) is 0 Å². The minimum atomic E-state index is -0.261. The lowest BCUT2D eigenvalue weighted by molar-refractivity contribution is -0.137. The van der Waals surface area contributed by atoms with Gasteiger partial charge >= 0.3 is 5.97 Å². The van der Waals surface area contributed by atoms with E-state index < -0.39 is 0 Å². The summed E-state index contributed by atoms with van der Waals surface area (Å²) in [6.07, 6.45) is 6.96. The van der Waals surface area contributed by atoms with Gasteiger partial charge in [-0.3, -0.25) is 0 Å². The maximum absolute atomic E-state index is 10.8. The van der Waals surface area contributed by atoms with E-state index in [1.807, 2.05) is 0 Å². The predicted octanol–water partition coefficient (Wildman–Crippen LogP) is 1.89.